The third-order valence-corrected chi connectivity index (χ3v) is 3.79. The van der Waals surface area contributed by atoms with Gasteiger partial charge in [0.25, 0.3) is 0 Å². The predicted molar refractivity (Wildman–Crippen MR) is 78.0 cm³/mol. The van der Waals surface area contributed by atoms with Gasteiger partial charge in [0.05, 0.1) is 34.2 Å². The number of hydrogen-bond acceptors (Lipinski definition) is 6. The first-order chi connectivity index (χ1) is 10.6. The monoisotopic (exact) mass is 319 g/mol. The average Bonchev–Trinajstić information content (AvgIpc) is 3.00. The summed E-state index contributed by atoms with van der Waals surface area (Å²) in [5, 5.41) is 20.7. The van der Waals surface area contributed by atoms with Gasteiger partial charge in [-0.15, -0.1) is 0 Å². The summed E-state index contributed by atoms with van der Waals surface area (Å²) in [5.41, 5.74) is 0.392. The minimum absolute atomic E-state index is 0.126. The van der Waals surface area contributed by atoms with Crippen molar-refractivity contribution in [2.75, 3.05) is 13.2 Å². The number of fused-ring (bicyclic) bond motifs is 1. The molecule has 0 spiro atoms. The van der Waals surface area contributed by atoms with Crippen molar-refractivity contribution in [2.24, 2.45) is 0 Å². The molecule has 1 saturated heterocycles. The van der Waals surface area contributed by atoms with Gasteiger partial charge in [-0.05, 0) is 0 Å². The van der Waals surface area contributed by atoms with E-state index in [4.69, 9.17) is 26.3 Å². The van der Waals surface area contributed by atoms with E-state index in [2.05, 4.69) is 4.98 Å². The molecule has 0 radical (unpaired) electrons. The number of halogens is 1. The normalized spacial score (nSPS) is 17.4. The minimum atomic E-state index is -0.542. The number of rotatable bonds is 3. The van der Waals surface area contributed by atoms with Crippen molar-refractivity contribution in [3.8, 4) is 11.8 Å². The molecule has 1 fully saturated rings. The van der Waals surface area contributed by atoms with Crippen molar-refractivity contribution < 1.29 is 14.4 Å². The molecule has 0 bridgehead atoms. The van der Waals surface area contributed by atoms with Gasteiger partial charge in [0.1, 0.15) is 12.2 Å². The maximum absolute atomic E-state index is 11.3. The van der Waals surface area contributed by atoms with Crippen LogP contribution >= 0.6 is 11.6 Å². The van der Waals surface area contributed by atoms with Crippen LogP contribution in [0.2, 0.25) is 5.02 Å². The molecule has 2 aromatic rings. The zero-order valence-electron chi connectivity index (χ0n) is 11.3. The SMILES string of the molecule is N#Cc1cnc2cc(O[C@H]3CCOC3)c([N+](=O)[O-])cc2c1Cl. The molecule has 1 aliphatic heterocycles. The van der Waals surface area contributed by atoms with Crippen molar-refractivity contribution in [1.82, 2.24) is 4.98 Å². The molecule has 1 aromatic heterocycles. The maximum Gasteiger partial charge on any atom is 0.311 e. The van der Waals surface area contributed by atoms with Crippen molar-refractivity contribution in [3.63, 3.8) is 0 Å². The number of nitrogens with zero attached hydrogens (tertiary/aromatic N) is 3. The van der Waals surface area contributed by atoms with E-state index in [-0.39, 0.29) is 28.1 Å². The lowest BCUT2D eigenvalue weighted by Gasteiger charge is -2.13. The Bertz CT molecular complexity index is 797. The van der Waals surface area contributed by atoms with Crippen LogP contribution in [0.5, 0.6) is 5.75 Å². The van der Waals surface area contributed by atoms with Crippen LogP contribution in [0, 0.1) is 21.4 Å². The first-order valence-electron chi connectivity index (χ1n) is 6.51. The summed E-state index contributed by atoms with van der Waals surface area (Å²) in [5.74, 6) is 0.126. The van der Waals surface area contributed by atoms with E-state index in [0.29, 0.717) is 30.5 Å². The van der Waals surface area contributed by atoms with Gasteiger partial charge in [0.2, 0.25) is 0 Å². The maximum atomic E-state index is 11.3. The highest BCUT2D eigenvalue weighted by atomic mass is 35.5. The summed E-state index contributed by atoms with van der Waals surface area (Å²) in [4.78, 5) is 14.8. The Kier molecular flexibility index (Phi) is 3.79. The van der Waals surface area contributed by atoms with Gasteiger partial charge in [-0.1, -0.05) is 11.6 Å². The Morgan fingerprint density at radius 3 is 3.00 bits per heavy atom. The number of ether oxygens (including phenoxy) is 2. The standard InChI is InChI=1S/C14H10ClN3O4/c15-14-8(5-16)6-17-11-4-13(22-9-1-2-21-7-9)12(18(19)20)3-10(11)14/h3-4,6,9H,1-2,7H2/t9-/m0/s1. The quantitative estimate of drug-likeness (QED) is 0.637. The highest BCUT2D eigenvalue weighted by Crippen LogP contribution is 2.36. The first-order valence-corrected chi connectivity index (χ1v) is 6.89. The zero-order chi connectivity index (χ0) is 15.7. The fourth-order valence-corrected chi connectivity index (χ4v) is 2.52. The summed E-state index contributed by atoms with van der Waals surface area (Å²) in [7, 11) is 0. The Labute approximate surface area is 130 Å². The molecule has 1 atom stereocenters. The predicted octanol–water partition coefficient (Wildman–Crippen LogP) is 2.84. The molecule has 8 heteroatoms. The van der Waals surface area contributed by atoms with E-state index in [9.17, 15) is 10.1 Å². The average molecular weight is 320 g/mol. The zero-order valence-corrected chi connectivity index (χ0v) is 12.0. The van der Waals surface area contributed by atoms with E-state index in [1.807, 2.05) is 6.07 Å². The van der Waals surface area contributed by atoms with E-state index < -0.39 is 4.92 Å². The van der Waals surface area contributed by atoms with Crippen LogP contribution in [-0.2, 0) is 4.74 Å². The number of nitro groups is 1. The number of pyridine rings is 1. The van der Waals surface area contributed by atoms with Crippen molar-refractivity contribution in [2.45, 2.75) is 12.5 Å². The van der Waals surface area contributed by atoms with Crippen molar-refractivity contribution in [1.29, 1.82) is 5.26 Å². The number of nitriles is 1. The van der Waals surface area contributed by atoms with Gasteiger partial charge in [-0.25, -0.2) is 0 Å². The molecular formula is C14H10ClN3O4. The van der Waals surface area contributed by atoms with Crippen LogP contribution in [-0.4, -0.2) is 29.2 Å². The lowest BCUT2D eigenvalue weighted by molar-refractivity contribution is -0.385. The van der Waals surface area contributed by atoms with Gasteiger partial charge < -0.3 is 9.47 Å². The molecule has 1 aromatic carbocycles. The second-order valence-electron chi connectivity index (χ2n) is 4.80. The van der Waals surface area contributed by atoms with Gasteiger partial charge >= 0.3 is 5.69 Å². The largest absolute Gasteiger partial charge is 0.481 e. The topological polar surface area (TPSA) is 98.3 Å². The van der Waals surface area contributed by atoms with Crippen molar-refractivity contribution in [3.05, 3.63) is 39.0 Å². The minimum Gasteiger partial charge on any atom is -0.481 e. The molecule has 3 rings (SSSR count). The van der Waals surface area contributed by atoms with Crippen LogP contribution < -0.4 is 4.74 Å². The molecule has 0 aliphatic carbocycles. The number of hydrogen-bond donors (Lipinski definition) is 0. The summed E-state index contributed by atoms with van der Waals surface area (Å²) in [6.07, 6.45) is 1.79. The number of aromatic nitrogens is 1. The summed E-state index contributed by atoms with van der Waals surface area (Å²) in [6, 6.07) is 4.66. The Hall–Kier alpha value is -2.43. The molecule has 1 aliphatic rings. The molecule has 0 amide bonds. The Morgan fingerprint density at radius 2 is 2.36 bits per heavy atom. The summed E-state index contributed by atoms with van der Waals surface area (Å²) in [6.45, 7) is 0.971. The fourth-order valence-electron chi connectivity index (χ4n) is 2.28. The summed E-state index contributed by atoms with van der Waals surface area (Å²) < 4.78 is 10.9. The van der Waals surface area contributed by atoms with Crippen LogP contribution in [0.3, 0.4) is 0 Å². The molecule has 0 unspecified atom stereocenters. The lowest BCUT2D eigenvalue weighted by Crippen LogP contribution is -2.16. The second-order valence-corrected chi connectivity index (χ2v) is 5.17. The second kappa shape index (κ2) is 5.75. The first kappa shape index (κ1) is 14.5. The van der Waals surface area contributed by atoms with Gasteiger partial charge in [-0.2, -0.15) is 5.26 Å². The van der Waals surface area contributed by atoms with E-state index >= 15 is 0 Å². The van der Waals surface area contributed by atoms with E-state index in [0.717, 1.165) is 0 Å². The molecule has 2 heterocycles. The highest BCUT2D eigenvalue weighted by Gasteiger charge is 2.24. The van der Waals surface area contributed by atoms with Gasteiger partial charge in [0, 0.05) is 30.1 Å². The molecule has 0 N–H and O–H groups in total. The fraction of sp³-hybridized carbons (Fsp3) is 0.286. The molecule has 112 valence electrons. The molecular weight excluding hydrogens is 310 g/mol. The molecule has 0 saturated carbocycles. The number of nitro benzene ring substituents is 1. The van der Waals surface area contributed by atoms with Gasteiger partial charge in [0.15, 0.2) is 5.75 Å². The van der Waals surface area contributed by atoms with E-state index in [1.165, 1.54) is 18.3 Å². The van der Waals surface area contributed by atoms with Gasteiger partial charge in [-0.3, -0.25) is 15.1 Å². The highest BCUT2D eigenvalue weighted by molar-refractivity contribution is 6.36. The Balaban J connectivity index is 2.13. The van der Waals surface area contributed by atoms with E-state index in [1.54, 1.807) is 0 Å². The lowest BCUT2D eigenvalue weighted by atomic mass is 10.1. The summed E-state index contributed by atoms with van der Waals surface area (Å²) >= 11 is 6.10. The van der Waals surface area contributed by atoms with Crippen LogP contribution in [0.1, 0.15) is 12.0 Å². The molecule has 7 nitrogen and oxygen atoms in total. The number of benzene rings is 1. The van der Waals surface area contributed by atoms with Crippen LogP contribution in [0.15, 0.2) is 18.3 Å². The third kappa shape index (κ3) is 2.54. The molecule has 22 heavy (non-hydrogen) atoms. The smallest absolute Gasteiger partial charge is 0.311 e. The Morgan fingerprint density at radius 1 is 1.55 bits per heavy atom. The van der Waals surface area contributed by atoms with Crippen LogP contribution in [0.25, 0.3) is 10.9 Å². The third-order valence-electron chi connectivity index (χ3n) is 3.38. The van der Waals surface area contributed by atoms with Crippen molar-refractivity contribution >= 4 is 28.2 Å². The van der Waals surface area contributed by atoms with Crippen LogP contribution in [0.4, 0.5) is 5.69 Å².